The molecule has 3 rings (SSSR count). The van der Waals surface area contributed by atoms with Crippen LogP contribution in [0.15, 0.2) is 24.3 Å². The van der Waals surface area contributed by atoms with Crippen LogP contribution in [0.4, 0.5) is 0 Å². The van der Waals surface area contributed by atoms with E-state index in [2.05, 4.69) is 5.32 Å². The minimum absolute atomic E-state index is 0.0470. The van der Waals surface area contributed by atoms with E-state index in [4.69, 9.17) is 5.73 Å². The number of nitrogens with zero attached hydrogens (tertiary/aromatic N) is 1. The van der Waals surface area contributed by atoms with Crippen LogP contribution in [0.5, 0.6) is 0 Å². The van der Waals surface area contributed by atoms with Gasteiger partial charge in [-0.05, 0) is 31.0 Å². The molecule has 1 aromatic rings. The molecule has 0 bridgehead atoms. The summed E-state index contributed by atoms with van der Waals surface area (Å²) in [6.07, 6.45) is 1.34. The van der Waals surface area contributed by atoms with Gasteiger partial charge in [0.1, 0.15) is 6.04 Å². The van der Waals surface area contributed by atoms with Gasteiger partial charge in [0.25, 0.3) is 0 Å². The molecule has 0 aliphatic carbocycles. The molecule has 3 N–H and O–H groups in total. The Balaban J connectivity index is 1.89. The summed E-state index contributed by atoms with van der Waals surface area (Å²) >= 11 is 0. The van der Waals surface area contributed by atoms with Gasteiger partial charge in [0.2, 0.25) is 11.8 Å². The van der Waals surface area contributed by atoms with Gasteiger partial charge in [0.05, 0.1) is 5.92 Å². The number of hydrogen-bond donors (Lipinski definition) is 2. The lowest BCUT2D eigenvalue weighted by molar-refractivity contribution is -0.144. The van der Waals surface area contributed by atoms with E-state index in [-0.39, 0.29) is 17.9 Å². The minimum Gasteiger partial charge on any atom is -0.368 e. The zero-order chi connectivity index (χ0) is 15.0. The van der Waals surface area contributed by atoms with Crippen molar-refractivity contribution in [3.63, 3.8) is 0 Å². The zero-order valence-electron chi connectivity index (χ0n) is 12.2. The molecule has 0 aromatic heterocycles. The quantitative estimate of drug-likeness (QED) is 0.828. The Bertz CT molecular complexity index is 572. The second kappa shape index (κ2) is 5.48. The maximum absolute atomic E-state index is 12.8. The highest BCUT2D eigenvalue weighted by molar-refractivity contribution is 5.88. The molecular weight excluding hydrogens is 266 g/mol. The Labute approximate surface area is 124 Å². The van der Waals surface area contributed by atoms with Gasteiger partial charge in [-0.1, -0.05) is 24.3 Å². The maximum atomic E-state index is 12.8. The van der Waals surface area contributed by atoms with E-state index in [1.807, 2.05) is 31.2 Å². The van der Waals surface area contributed by atoms with Gasteiger partial charge in [0, 0.05) is 19.0 Å². The number of nitrogens with one attached hydrogen (secondary N) is 1. The molecule has 0 saturated carbocycles. The summed E-state index contributed by atoms with van der Waals surface area (Å²) < 4.78 is 0. The normalized spacial score (nSPS) is 28.2. The number of primary amides is 1. The van der Waals surface area contributed by atoms with Crippen molar-refractivity contribution in [2.45, 2.75) is 38.4 Å². The Morgan fingerprint density at radius 1 is 1.29 bits per heavy atom. The standard InChI is InChI=1S/C16H21N3O2/c1-10-13(6-7-18-10)16(21)19-9-12-5-3-2-4-11(12)8-14(19)15(17)20/h2-5,10,13-14,18H,6-9H2,1H3,(H2,17,20)/t10?,13?,14-/m0/s1. The Morgan fingerprint density at radius 2 is 2.00 bits per heavy atom. The smallest absolute Gasteiger partial charge is 0.240 e. The first-order valence-corrected chi connectivity index (χ1v) is 7.48. The SMILES string of the molecule is CC1NCCC1C(=O)N1Cc2ccccc2C[C@H]1C(N)=O. The van der Waals surface area contributed by atoms with Gasteiger partial charge < -0.3 is 16.0 Å². The summed E-state index contributed by atoms with van der Waals surface area (Å²) in [7, 11) is 0. The summed E-state index contributed by atoms with van der Waals surface area (Å²) in [5.41, 5.74) is 7.76. The second-order valence-corrected chi connectivity index (χ2v) is 6.00. The topological polar surface area (TPSA) is 75.4 Å². The van der Waals surface area contributed by atoms with E-state index >= 15 is 0 Å². The van der Waals surface area contributed by atoms with Crippen molar-refractivity contribution in [3.8, 4) is 0 Å². The van der Waals surface area contributed by atoms with Crippen LogP contribution in [0.3, 0.4) is 0 Å². The summed E-state index contributed by atoms with van der Waals surface area (Å²) in [5.74, 6) is -0.431. The molecule has 21 heavy (non-hydrogen) atoms. The summed E-state index contributed by atoms with van der Waals surface area (Å²) in [6.45, 7) is 3.35. The molecule has 2 unspecified atom stereocenters. The number of benzene rings is 1. The summed E-state index contributed by atoms with van der Waals surface area (Å²) in [5, 5.41) is 3.29. The lowest BCUT2D eigenvalue weighted by Gasteiger charge is -2.37. The van der Waals surface area contributed by atoms with Crippen LogP contribution in [-0.2, 0) is 22.6 Å². The van der Waals surface area contributed by atoms with Crippen LogP contribution >= 0.6 is 0 Å². The van der Waals surface area contributed by atoms with Crippen LogP contribution in [0, 0.1) is 5.92 Å². The number of hydrogen-bond acceptors (Lipinski definition) is 3. The van der Waals surface area contributed by atoms with Crippen molar-refractivity contribution in [1.82, 2.24) is 10.2 Å². The molecule has 1 saturated heterocycles. The molecule has 0 radical (unpaired) electrons. The first-order valence-electron chi connectivity index (χ1n) is 7.48. The molecule has 2 aliphatic heterocycles. The van der Waals surface area contributed by atoms with Gasteiger partial charge in [0.15, 0.2) is 0 Å². The van der Waals surface area contributed by atoms with Gasteiger partial charge in [-0.25, -0.2) is 0 Å². The third kappa shape index (κ3) is 2.53. The number of carbonyl (C=O) groups excluding carboxylic acids is 2. The first-order chi connectivity index (χ1) is 10.1. The van der Waals surface area contributed by atoms with E-state index in [1.54, 1.807) is 4.90 Å². The van der Waals surface area contributed by atoms with Crippen LogP contribution in [0.1, 0.15) is 24.5 Å². The van der Waals surface area contributed by atoms with E-state index in [1.165, 1.54) is 0 Å². The molecule has 5 nitrogen and oxygen atoms in total. The van der Waals surface area contributed by atoms with Crippen molar-refractivity contribution >= 4 is 11.8 Å². The molecule has 2 aliphatic rings. The van der Waals surface area contributed by atoms with Crippen LogP contribution in [-0.4, -0.2) is 35.3 Å². The van der Waals surface area contributed by atoms with Crippen molar-refractivity contribution < 1.29 is 9.59 Å². The largest absolute Gasteiger partial charge is 0.368 e. The molecule has 112 valence electrons. The Morgan fingerprint density at radius 3 is 2.62 bits per heavy atom. The maximum Gasteiger partial charge on any atom is 0.240 e. The van der Waals surface area contributed by atoms with E-state index in [0.717, 1.165) is 24.1 Å². The molecule has 3 atom stereocenters. The van der Waals surface area contributed by atoms with Crippen LogP contribution in [0.25, 0.3) is 0 Å². The predicted octanol–water partition coefficient (Wildman–Crippen LogP) is 0.423. The predicted molar refractivity (Wildman–Crippen MR) is 79.3 cm³/mol. The fraction of sp³-hybridized carbons (Fsp3) is 0.500. The average Bonchev–Trinajstić information content (AvgIpc) is 2.91. The molecule has 2 heterocycles. The highest BCUT2D eigenvalue weighted by Gasteiger charge is 2.39. The lowest BCUT2D eigenvalue weighted by Crippen LogP contribution is -2.53. The Hall–Kier alpha value is -1.88. The number of carbonyl (C=O) groups is 2. The van der Waals surface area contributed by atoms with E-state index in [9.17, 15) is 9.59 Å². The van der Waals surface area contributed by atoms with E-state index in [0.29, 0.717) is 13.0 Å². The monoisotopic (exact) mass is 287 g/mol. The number of nitrogens with two attached hydrogens (primary N) is 1. The molecule has 2 amide bonds. The van der Waals surface area contributed by atoms with Gasteiger partial charge in [-0.2, -0.15) is 0 Å². The van der Waals surface area contributed by atoms with Gasteiger partial charge in [-0.15, -0.1) is 0 Å². The molecule has 0 spiro atoms. The number of fused-ring (bicyclic) bond motifs is 1. The molecule has 1 fully saturated rings. The fourth-order valence-corrected chi connectivity index (χ4v) is 3.42. The Kier molecular flexibility index (Phi) is 3.68. The lowest BCUT2D eigenvalue weighted by atomic mass is 9.91. The average molecular weight is 287 g/mol. The molecule has 1 aromatic carbocycles. The number of amides is 2. The van der Waals surface area contributed by atoms with Gasteiger partial charge in [-0.3, -0.25) is 9.59 Å². The van der Waals surface area contributed by atoms with Gasteiger partial charge >= 0.3 is 0 Å². The van der Waals surface area contributed by atoms with Crippen molar-refractivity contribution in [3.05, 3.63) is 35.4 Å². The van der Waals surface area contributed by atoms with Crippen molar-refractivity contribution in [1.29, 1.82) is 0 Å². The zero-order valence-corrected chi connectivity index (χ0v) is 12.2. The van der Waals surface area contributed by atoms with Crippen LogP contribution in [0.2, 0.25) is 0 Å². The van der Waals surface area contributed by atoms with E-state index < -0.39 is 11.9 Å². The highest BCUT2D eigenvalue weighted by Crippen LogP contribution is 2.27. The number of rotatable bonds is 2. The second-order valence-electron chi connectivity index (χ2n) is 6.00. The van der Waals surface area contributed by atoms with Crippen molar-refractivity contribution in [2.24, 2.45) is 11.7 Å². The first kappa shape index (κ1) is 14.1. The van der Waals surface area contributed by atoms with Crippen molar-refractivity contribution in [2.75, 3.05) is 6.54 Å². The molecule has 5 heteroatoms. The fourth-order valence-electron chi connectivity index (χ4n) is 3.42. The minimum atomic E-state index is -0.528. The molecular formula is C16H21N3O2. The summed E-state index contributed by atoms with van der Waals surface area (Å²) in [4.78, 5) is 26.3. The third-order valence-corrected chi connectivity index (χ3v) is 4.70. The third-order valence-electron chi connectivity index (χ3n) is 4.70. The highest BCUT2D eigenvalue weighted by atomic mass is 16.2. The van der Waals surface area contributed by atoms with Crippen LogP contribution < -0.4 is 11.1 Å². The summed E-state index contributed by atoms with van der Waals surface area (Å²) in [6, 6.07) is 7.57.